The normalized spacial score (nSPS) is 11.5. The van der Waals surface area contributed by atoms with Gasteiger partial charge in [-0.15, -0.1) is 0 Å². The van der Waals surface area contributed by atoms with Crippen molar-refractivity contribution in [2.75, 3.05) is 21.2 Å². The third-order valence-electron chi connectivity index (χ3n) is 2.05. The van der Waals surface area contributed by atoms with E-state index in [9.17, 15) is 13.2 Å². The molecular weight excluding hydrogens is 317 g/mol. The number of esters is 1. The van der Waals surface area contributed by atoms with Crippen LogP contribution in [0.3, 0.4) is 0 Å². The number of benzene rings is 1. The number of nitrogens with zero attached hydrogens (tertiary/aromatic N) is 1. The Labute approximate surface area is 121 Å². The van der Waals surface area contributed by atoms with E-state index in [1.54, 1.807) is 0 Å². The molecule has 0 fully saturated rings. The Kier molecular flexibility index (Phi) is 5.03. The highest BCUT2D eigenvalue weighted by molar-refractivity contribution is 7.84. The van der Waals surface area contributed by atoms with Crippen molar-refractivity contribution in [1.29, 1.82) is 0 Å². The number of methoxy groups -OCH3 is 1. The SMILES string of the molecule is COC(=O)c1cc(Cl)cc(Cl)c1OS(=O)(=O)N(C)C. The third kappa shape index (κ3) is 3.73. The Morgan fingerprint density at radius 1 is 1.26 bits per heavy atom. The summed E-state index contributed by atoms with van der Waals surface area (Å²) in [5.41, 5.74) is -0.176. The summed E-state index contributed by atoms with van der Waals surface area (Å²) in [4.78, 5) is 11.6. The van der Waals surface area contributed by atoms with Gasteiger partial charge in [0.25, 0.3) is 0 Å². The van der Waals surface area contributed by atoms with E-state index in [0.717, 1.165) is 11.4 Å². The Bertz CT molecular complexity index is 600. The summed E-state index contributed by atoms with van der Waals surface area (Å²) in [7, 11) is -0.363. The van der Waals surface area contributed by atoms with Crippen molar-refractivity contribution in [1.82, 2.24) is 4.31 Å². The number of hydrogen-bond acceptors (Lipinski definition) is 5. The minimum Gasteiger partial charge on any atom is -0.465 e. The van der Waals surface area contributed by atoms with Crippen LogP contribution in [0.15, 0.2) is 12.1 Å². The molecule has 0 unspecified atom stereocenters. The summed E-state index contributed by atoms with van der Waals surface area (Å²) in [6.45, 7) is 0. The molecule has 0 amide bonds. The minimum absolute atomic E-state index is 0.113. The van der Waals surface area contributed by atoms with E-state index in [-0.39, 0.29) is 21.4 Å². The van der Waals surface area contributed by atoms with Gasteiger partial charge in [-0.3, -0.25) is 0 Å². The quantitative estimate of drug-likeness (QED) is 0.790. The number of ether oxygens (including phenoxy) is 1. The smallest absolute Gasteiger partial charge is 0.384 e. The highest BCUT2D eigenvalue weighted by Crippen LogP contribution is 2.34. The van der Waals surface area contributed by atoms with Crippen LogP contribution in [-0.2, 0) is 15.0 Å². The van der Waals surface area contributed by atoms with Crippen LogP contribution in [0.4, 0.5) is 0 Å². The Morgan fingerprint density at radius 3 is 2.32 bits per heavy atom. The number of hydrogen-bond donors (Lipinski definition) is 0. The van der Waals surface area contributed by atoms with Crippen LogP contribution >= 0.6 is 23.2 Å². The van der Waals surface area contributed by atoms with Crippen molar-refractivity contribution in [2.24, 2.45) is 0 Å². The third-order valence-corrected chi connectivity index (χ3v) is 3.82. The topological polar surface area (TPSA) is 72.9 Å². The molecule has 0 bridgehead atoms. The van der Waals surface area contributed by atoms with Gasteiger partial charge < -0.3 is 8.92 Å². The largest absolute Gasteiger partial charge is 0.465 e. The van der Waals surface area contributed by atoms with Crippen molar-refractivity contribution in [3.8, 4) is 5.75 Å². The lowest BCUT2D eigenvalue weighted by molar-refractivity contribution is 0.0599. The van der Waals surface area contributed by atoms with Crippen molar-refractivity contribution in [3.05, 3.63) is 27.7 Å². The van der Waals surface area contributed by atoms with Crippen LogP contribution in [-0.4, -0.2) is 39.9 Å². The predicted octanol–water partition coefficient (Wildman–Crippen LogP) is 1.97. The first-order valence-electron chi connectivity index (χ1n) is 4.88. The zero-order valence-corrected chi connectivity index (χ0v) is 12.6. The van der Waals surface area contributed by atoms with Gasteiger partial charge in [-0.05, 0) is 12.1 Å². The van der Waals surface area contributed by atoms with E-state index in [0.29, 0.717) is 0 Å². The van der Waals surface area contributed by atoms with Crippen molar-refractivity contribution in [3.63, 3.8) is 0 Å². The summed E-state index contributed by atoms with van der Waals surface area (Å²) in [6, 6.07) is 2.47. The molecule has 0 N–H and O–H groups in total. The minimum atomic E-state index is -4.05. The van der Waals surface area contributed by atoms with E-state index >= 15 is 0 Å². The summed E-state index contributed by atoms with van der Waals surface area (Å²) >= 11 is 11.6. The first kappa shape index (κ1) is 16.0. The molecule has 19 heavy (non-hydrogen) atoms. The molecule has 0 atom stereocenters. The van der Waals surface area contributed by atoms with Crippen molar-refractivity contribution >= 4 is 39.5 Å². The fraction of sp³-hybridized carbons (Fsp3) is 0.300. The molecule has 1 aromatic carbocycles. The highest BCUT2D eigenvalue weighted by atomic mass is 35.5. The number of halogens is 2. The summed E-state index contributed by atoms with van der Waals surface area (Å²) < 4.78 is 33.5. The zero-order chi connectivity index (χ0) is 14.8. The van der Waals surface area contributed by atoms with Gasteiger partial charge >= 0.3 is 16.3 Å². The lowest BCUT2D eigenvalue weighted by atomic mass is 10.2. The second-order valence-corrected chi connectivity index (χ2v) is 6.18. The molecule has 106 valence electrons. The second-order valence-electron chi connectivity index (χ2n) is 3.58. The van der Waals surface area contributed by atoms with Gasteiger partial charge in [-0.1, -0.05) is 23.2 Å². The van der Waals surface area contributed by atoms with Crippen molar-refractivity contribution in [2.45, 2.75) is 0 Å². The monoisotopic (exact) mass is 327 g/mol. The molecule has 0 saturated carbocycles. The van der Waals surface area contributed by atoms with Gasteiger partial charge in [-0.25, -0.2) is 4.79 Å². The molecule has 0 spiro atoms. The van der Waals surface area contributed by atoms with E-state index in [2.05, 4.69) is 4.74 Å². The highest BCUT2D eigenvalue weighted by Gasteiger charge is 2.24. The maximum atomic E-state index is 11.7. The molecule has 0 aliphatic heterocycles. The molecular formula is C10H11Cl2NO5S. The van der Waals surface area contributed by atoms with Crippen LogP contribution < -0.4 is 4.18 Å². The van der Waals surface area contributed by atoms with Gasteiger partial charge in [0.15, 0.2) is 5.75 Å². The first-order valence-corrected chi connectivity index (χ1v) is 7.00. The van der Waals surface area contributed by atoms with Crippen LogP contribution in [0.5, 0.6) is 5.75 Å². The lowest BCUT2D eigenvalue weighted by Crippen LogP contribution is -2.27. The maximum Gasteiger partial charge on any atom is 0.384 e. The first-order chi connectivity index (χ1) is 8.69. The second kappa shape index (κ2) is 5.96. The van der Waals surface area contributed by atoms with Gasteiger partial charge in [0.2, 0.25) is 0 Å². The number of carbonyl (C=O) groups is 1. The molecule has 0 aromatic heterocycles. The Hall–Kier alpha value is -1.02. The van der Waals surface area contributed by atoms with Crippen LogP contribution in [0, 0.1) is 0 Å². The summed E-state index contributed by atoms with van der Waals surface area (Å²) in [6.07, 6.45) is 0. The Morgan fingerprint density at radius 2 is 1.84 bits per heavy atom. The van der Waals surface area contributed by atoms with Gasteiger partial charge in [0.1, 0.15) is 5.56 Å². The maximum absolute atomic E-state index is 11.7. The van der Waals surface area contributed by atoms with Gasteiger partial charge in [0.05, 0.1) is 12.1 Å². The fourth-order valence-electron chi connectivity index (χ4n) is 1.09. The van der Waals surface area contributed by atoms with E-state index in [1.165, 1.54) is 26.2 Å². The summed E-state index contributed by atoms with van der Waals surface area (Å²) in [5.74, 6) is -1.14. The molecule has 1 aromatic rings. The molecule has 6 nitrogen and oxygen atoms in total. The zero-order valence-electron chi connectivity index (χ0n) is 10.3. The lowest BCUT2D eigenvalue weighted by Gasteiger charge is -2.15. The van der Waals surface area contributed by atoms with Gasteiger partial charge in [-0.2, -0.15) is 12.7 Å². The molecule has 0 aliphatic carbocycles. The van der Waals surface area contributed by atoms with Crippen LogP contribution in [0.2, 0.25) is 10.0 Å². The molecule has 0 radical (unpaired) electrons. The van der Waals surface area contributed by atoms with Crippen LogP contribution in [0.1, 0.15) is 10.4 Å². The standard InChI is InChI=1S/C10H11Cl2NO5S/c1-13(2)19(15,16)18-9-7(10(14)17-3)4-6(11)5-8(9)12/h4-5H,1-3H3. The molecule has 0 heterocycles. The Balaban J connectivity index is 3.38. The molecule has 0 saturated heterocycles. The van der Waals surface area contributed by atoms with Crippen molar-refractivity contribution < 1.29 is 22.1 Å². The average molecular weight is 328 g/mol. The number of rotatable bonds is 4. The molecule has 1 rings (SSSR count). The van der Waals surface area contributed by atoms with Crippen LogP contribution in [0.25, 0.3) is 0 Å². The fourth-order valence-corrected chi connectivity index (χ4v) is 2.20. The van der Waals surface area contributed by atoms with Gasteiger partial charge in [0, 0.05) is 19.1 Å². The molecule has 0 aliphatic rings. The average Bonchev–Trinajstić information content (AvgIpc) is 2.31. The van der Waals surface area contributed by atoms with E-state index in [4.69, 9.17) is 27.4 Å². The number of carbonyl (C=O) groups excluding carboxylic acids is 1. The predicted molar refractivity (Wildman–Crippen MR) is 71.0 cm³/mol. The van der Waals surface area contributed by atoms with E-state index in [1.807, 2.05) is 0 Å². The molecule has 9 heteroatoms. The summed E-state index contributed by atoms with van der Waals surface area (Å²) in [5, 5.41) is 0.0401. The van der Waals surface area contributed by atoms with E-state index < -0.39 is 16.3 Å².